The quantitative estimate of drug-likeness (QED) is 0.333. The fraction of sp³-hybridized carbons (Fsp3) is 0.464. The van der Waals surface area contributed by atoms with Gasteiger partial charge in [0.15, 0.2) is 17.4 Å². The number of piperidine rings is 1. The van der Waals surface area contributed by atoms with Crippen LogP contribution in [0.1, 0.15) is 36.8 Å². The number of aryl methyl sites for hydroxylation is 1. The average molecular weight is 521 g/mol. The zero-order chi connectivity index (χ0) is 26.4. The highest BCUT2D eigenvalue weighted by Gasteiger charge is 2.33. The Labute approximate surface area is 214 Å². The minimum absolute atomic E-state index is 0.0597. The number of methoxy groups -OCH3 is 1. The van der Waals surface area contributed by atoms with E-state index in [1.165, 1.54) is 0 Å². The molecule has 200 valence electrons. The molecule has 2 heterocycles. The van der Waals surface area contributed by atoms with Crippen LogP contribution < -0.4 is 9.47 Å². The van der Waals surface area contributed by atoms with Gasteiger partial charge in [0.2, 0.25) is 0 Å². The number of nitrogens with zero attached hydrogens (tertiary/aromatic N) is 2. The summed E-state index contributed by atoms with van der Waals surface area (Å²) in [7, 11) is 1.59. The Hall–Kier alpha value is -2.91. The van der Waals surface area contributed by atoms with Crippen LogP contribution in [0.25, 0.3) is 10.9 Å². The van der Waals surface area contributed by atoms with E-state index in [1.54, 1.807) is 13.3 Å². The van der Waals surface area contributed by atoms with E-state index in [-0.39, 0.29) is 18.6 Å². The molecule has 0 radical (unpaired) electrons. The van der Waals surface area contributed by atoms with E-state index in [4.69, 9.17) is 9.47 Å². The van der Waals surface area contributed by atoms with Crippen LogP contribution in [0.15, 0.2) is 36.5 Å². The summed E-state index contributed by atoms with van der Waals surface area (Å²) in [6.45, 7) is 1.42. The lowest BCUT2D eigenvalue weighted by Crippen LogP contribution is -2.43. The van der Waals surface area contributed by atoms with Crippen molar-refractivity contribution >= 4 is 10.9 Å². The number of rotatable bonds is 11. The summed E-state index contributed by atoms with van der Waals surface area (Å²) in [5.74, 6) is -2.99. The molecule has 1 aliphatic rings. The number of hydrogen-bond donors (Lipinski definition) is 1. The van der Waals surface area contributed by atoms with E-state index < -0.39 is 29.9 Å². The number of fused-ring (bicyclic) bond motifs is 1. The molecule has 5 nitrogen and oxygen atoms in total. The molecule has 0 atom stereocenters. The van der Waals surface area contributed by atoms with Crippen LogP contribution in [0.2, 0.25) is 0 Å². The van der Waals surface area contributed by atoms with Crippen molar-refractivity contribution in [2.45, 2.75) is 38.8 Å². The summed E-state index contributed by atoms with van der Waals surface area (Å²) in [4.78, 5) is 6.49. The summed E-state index contributed by atoms with van der Waals surface area (Å²) < 4.78 is 64.9. The van der Waals surface area contributed by atoms with E-state index in [1.807, 2.05) is 18.2 Å². The Morgan fingerprint density at radius 2 is 1.81 bits per heavy atom. The van der Waals surface area contributed by atoms with E-state index in [2.05, 4.69) is 9.88 Å². The van der Waals surface area contributed by atoms with E-state index in [0.717, 1.165) is 42.1 Å². The molecule has 0 spiro atoms. The number of aliphatic hydroxyl groups excluding tert-OH is 1. The predicted octanol–water partition coefficient (Wildman–Crippen LogP) is 5.61. The van der Waals surface area contributed by atoms with Gasteiger partial charge in [-0.05, 0) is 74.4 Å². The molecule has 0 bridgehead atoms. The molecular weight excluding hydrogens is 488 g/mol. The maximum atomic E-state index is 13.8. The average Bonchev–Trinajstić information content (AvgIpc) is 2.90. The molecule has 0 amide bonds. The zero-order valence-electron chi connectivity index (χ0n) is 20.9. The second kappa shape index (κ2) is 12.1. The van der Waals surface area contributed by atoms with Crippen LogP contribution in [0.5, 0.6) is 11.5 Å². The molecule has 9 heteroatoms. The topological polar surface area (TPSA) is 54.8 Å². The molecule has 4 rings (SSSR count). The number of alkyl halides is 1. The lowest BCUT2D eigenvalue weighted by molar-refractivity contribution is 0.0312. The summed E-state index contributed by atoms with van der Waals surface area (Å²) in [6.07, 6.45) is 5.37. The van der Waals surface area contributed by atoms with Gasteiger partial charge in [-0.2, -0.15) is 0 Å². The molecule has 1 N–H and O–H groups in total. The number of aliphatic hydroxyl groups is 1. The van der Waals surface area contributed by atoms with Gasteiger partial charge in [-0.15, -0.1) is 0 Å². The Morgan fingerprint density at radius 3 is 2.46 bits per heavy atom. The van der Waals surface area contributed by atoms with Gasteiger partial charge in [0, 0.05) is 42.4 Å². The highest BCUT2D eigenvalue weighted by molar-refractivity contribution is 5.84. The minimum Gasteiger partial charge on any atom is -0.497 e. The second-order valence-electron chi connectivity index (χ2n) is 9.68. The highest BCUT2D eigenvalue weighted by atomic mass is 19.1. The second-order valence-corrected chi connectivity index (χ2v) is 9.68. The van der Waals surface area contributed by atoms with Crippen molar-refractivity contribution < 1.29 is 32.1 Å². The van der Waals surface area contributed by atoms with E-state index in [9.17, 15) is 22.7 Å². The first kappa shape index (κ1) is 27.1. The number of halogens is 4. The summed E-state index contributed by atoms with van der Waals surface area (Å²) in [5.41, 5.74) is 2.06. The molecule has 1 aromatic heterocycles. The lowest BCUT2D eigenvalue weighted by Gasteiger charge is -2.41. The Kier molecular flexibility index (Phi) is 8.87. The van der Waals surface area contributed by atoms with Gasteiger partial charge in [0.05, 0.1) is 12.6 Å². The first-order valence-electron chi connectivity index (χ1n) is 12.5. The van der Waals surface area contributed by atoms with Crippen molar-refractivity contribution in [1.82, 2.24) is 9.88 Å². The van der Waals surface area contributed by atoms with Crippen LogP contribution in [-0.2, 0) is 13.1 Å². The first-order valence-corrected chi connectivity index (χ1v) is 12.5. The molecule has 1 saturated heterocycles. The molecule has 1 aliphatic heterocycles. The first-order chi connectivity index (χ1) is 17.9. The van der Waals surface area contributed by atoms with Crippen molar-refractivity contribution in [3.8, 4) is 11.5 Å². The maximum absolute atomic E-state index is 13.8. The van der Waals surface area contributed by atoms with Crippen molar-refractivity contribution in [2.75, 3.05) is 40.0 Å². The van der Waals surface area contributed by atoms with Crippen molar-refractivity contribution in [1.29, 1.82) is 0 Å². The third-order valence-electron chi connectivity index (χ3n) is 7.42. The summed E-state index contributed by atoms with van der Waals surface area (Å²) in [5, 5.41) is 11.1. The van der Waals surface area contributed by atoms with Crippen molar-refractivity contribution in [2.24, 2.45) is 5.41 Å². The standard InChI is InChI=1S/C28H32F4N2O3/c1-36-21-4-5-26-23(15-21)22(19(16-29)17-33-26)3-2-6-28(18-35)7-9-34(10-8-28)11-12-37-27-24(31)13-20(30)14-25(27)32/h4-5,13-15,17,35H,2-3,6-12,16,18H2,1H3. The molecule has 0 aliphatic carbocycles. The van der Waals surface area contributed by atoms with Gasteiger partial charge in [-0.25, -0.2) is 17.6 Å². The van der Waals surface area contributed by atoms with E-state index in [0.29, 0.717) is 49.5 Å². The van der Waals surface area contributed by atoms with Gasteiger partial charge >= 0.3 is 0 Å². The number of ether oxygens (including phenoxy) is 2. The largest absolute Gasteiger partial charge is 0.497 e. The fourth-order valence-electron chi connectivity index (χ4n) is 5.13. The van der Waals surface area contributed by atoms with Gasteiger partial charge in [0.25, 0.3) is 0 Å². The number of pyridine rings is 1. The van der Waals surface area contributed by atoms with Crippen LogP contribution in [0, 0.1) is 22.9 Å². The Balaban J connectivity index is 1.32. The fourth-order valence-corrected chi connectivity index (χ4v) is 5.13. The van der Waals surface area contributed by atoms with Gasteiger partial charge in [-0.3, -0.25) is 9.88 Å². The molecule has 1 fully saturated rings. The maximum Gasteiger partial charge on any atom is 0.190 e. The van der Waals surface area contributed by atoms with Crippen molar-refractivity contribution in [3.63, 3.8) is 0 Å². The van der Waals surface area contributed by atoms with Crippen molar-refractivity contribution in [3.05, 3.63) is 65.1 Å². The SMILES string of the molecule is COc1ccc2ncc(CF)c(CCCC3(CO)CCN(CCOc4c(F)cc(F)cc4F)CC3)c2c1. The smallest absolute Gasteiger partial charge is 0.190 e. The normalized spacial score (nSPS) is 15.7. The molecular formula is C28H32F4N2O3. The van der Waals surface area contributed by atoms with Crippen LogP contribution in [0.4, 0.5) is 17.6 Å². The third kappa shape index (κ3) is 6.33. The Morgan fingerprint density at radius 1 is 1.08 bits per heavy atom. The number of aromatic nitrogens is 1. The monoisotopic (exact) mass is 520 g/mol. The molecule has 0 unspecified atom stereocenters. The van der Waals surface area contributed by atoms with Crippen LogP contribution in [0.3, 0.4) is 0 Å². The summed E-state index contributed by atoms with van der Waals surface area (Å²) >= 11 is 0. The predicted molar refractivity (Wildman–Crippen MR) is 133 cm³/mol. The minimum atomic E-state index is -1.06. The number of benzene rings is 2. The zero-order valence-corrected chi connectivity index (χ0v) is 20.9. The van der Waals surface area contributed by atoms with E-state index >= 15 is 0 Å². The van der Waals surface area contributed by atoms with Gasteiger partial charge < -0.3 is 14.6 Å². The number of likely N-dealkylation sites (tertiary alicyclic amines) is 1. The molecule has 2 aromatic carbocycles. The van der Waals surface area contributed by atoms with Gasteiger partial charge in [-0.1, -0.05) is 0 Å². The molecule has 3 aromatic rings. The molecule has 0 saturated carbocycles. The summed E-state index contributed by atoms with van der Waals surface area (Å²) in [6, 6.07) is 6.78. The van der Waals surface area contributed by atoms with Crippen LogP contribution in [-0.4, -0.2) is 54.9 Å². The highest BCUT2D eigenvalue weighted by Crippen LogP contribution is 2.37. The lowest BCUT2D eigenvalue weighted by atomic mass is 9.75. The van der Waals surface area contributed by atoms with Crippen LogP contribution >= 0.6 is 0 Å². The van der Waals surface area contributed by atoms with Gasteiger partial charge in [0.1, 0.15) is 24.8 Å². The molecule has 37 heavy (non-hydrogen) atoms. The Bertz CT molecular complexity index is 1190. The number of hydrogen-bond acceptors (Lipinski definition) is 5. The third-order valence-corrected chi connectivity index (χ3v) is 7.42.